The van der Waals surface area contributed by atoms with Gasteiger partial charge in [0.15, 0.2) is 0 Å². The van der Waals surface area contributed by atoms with Gasteiger partial charge in [0, 0.05) is 6.42 Å². The molecule has 0 fully saturated rings. The zero-order valence-corrected chi connectivity index (χ0v) is 7.84. The average Bonchev–Trinajstić information content (AvgIpc) is 2.01. The summed E-state index contributed by atoms with van der Waals surface area (Å²) in [6, 6.07) is 0. The molecule has 0 rings (SSSR count). The van der Waals surface area contributed by atoms with Crippen LogP contribution in [-0.4, -0.2) is 5.78 Å². The van der Waals surface area contributed by atoms with E-state index in [1.54, 1.807) is 13.0 Å². The summed E-state index contributed by atoms with van der Waals surface area (Å²) in [6.07, 6.45) is 9.08. The van der Waals surface area contributed by atoms with Crippen LogP contribution >= 0.6 is 0 Å². The third-order valence-corrected chi connectivity index (χ3v) is 1.48. The molecule has 1 nitrogen and oxygen atoms in total. The van der Waals surface area contributed by atoms with Gasteiger partial charge in [-0.05, 0) is 25.8 Å². The molecule has 0 atom stereocenters. The lowest BCUT2D eigenvalue weighted by molar-refractivity contribution is -0.116. The molecule has 0 aromatic rings. The highest BCUT2D eigenvalue weighted by atomic mass is 16.1. The average molecular weight is 164 g/mol. The fraction of sp³-hybridized carbons (Fsp3) is 0.364. The third-order valence-electron chi connectivity index (χ3n) is 1.48. The summed E-state index contributed by atoms with van der Waals surface area (Å²) in [7, 11) is 0. The SMILES string of the molecule is C=C/C=C(\C=C/C)CCC(C)=O. The van der Waals surface area contributed by atoms with E-state index in [0.29, 0.717) is 6.42 Å². The van der Waals surface area contributed by atoms with Crippen LogP contribution in [0.4, 0.5) is 0 Å². The minimum absolute atomic E-state index is 0.231. The van der Waals surface area contributed by atoms with Crippen LogP contribution in [0, 0.1) is 0 Å². The van der Waals surface area contributed by atoms with Crippen LogP contribution in [0.15, 0.2) is 36.5 Å². The molecule has 0 amide bonds. The van der Waals surface area contributed by atoms with Gasteiger partial charge in [-0.3, -0.25) is 0 Å². The molecule has 0 saturated carbocycles. The number of Topliss-reactive ketones (excluding diaryl/α,β-unsaturated/α-hetero) is 1. The van der Waals surface area contributed by atoms with Gasteiger partial charge in [0.25, 0.3) is 0 Å². The van der Waals surface area contributed by atoms with E-state index in [0.717, 1.165) is 12.0 Å². The first kappa shape index (κ1) is 10.9. The predicted octanol–water partition coefficient (Wildman–Crippen LogP) is 3.04. The number of carbonyl (C=O) groups excluding carboxylic acids is 1. The van der Waals surface area contributed by atoms with Gasteiger partial charge in [0.05, 0.1) is 0 Å². The first-order chi connectivity index (χ1) is 5.70. The normalized spacial score (nSPS) is 12.0. The summed E-state index contributed by atoms with van der Waals surface area (Å²) in [5.74, 6) is 0.231. The molecule has 1 heteroatoms. The predicted molar refractivity (Wildman–Crippen MR) is 53.0 cm³/mol. The van der Waals surface area contributed by atoms with Crippen LogP contribution < -0.4 is 0 Å². The van der Waals surface area contributed by atoms with Crippen molar-refractivity contribution in [2.75, 3.05) is 0 Å². The summed E-state index contributed by atoms with van der Waals surface area (Å²) in [5.41, 5.74) is 1.16. The van der Waals surface area contributed by atoms with Crippen molar-refractivity contribution in [2.45, 2.75) is 26.7 Å². The molecule has 0 bridgehead atoms. The van der Waals surface area contributed by atoms with Gasteiger partial charge in [0.2, 0.25) is 0 Å². The Hall–Kier alpha value is -1.11. The van der Waals surface area contributed by atoms with Crippen molar-refractivity contribution >= 4 is 5.78 Å². The van der Waals surface area contributed by atoms with Crippen LogP contribution in [0.5, 0.6) is 0 Å². The highest BCUT2D eigenvalue weighted by Crippen LogP contribution is 2.07. The van der Waals surface area contributed by atoms with Crippen LogP contribution in [0.25, 0.3) is 0 Å². The van der Waals surface area contributed by atoms with E-state index in [1.165, 1.54) is 0 Å². The highest BCUT2D eigenvalue weighted by molar-refractivity contribution is 5.75. The van der Waals surface area contributed by atoms with E-state index in [-0.39, 0.29) is 5.78 Å². The molecule has 0 aliphatic heterocycles. The molecule has 0 aromatic heterocycles. The van der Waals surface area contributed by atoms with Gasteiger partial charge in [-0.25, -0.2) is 0 Å². The van der Waals surface area contributed by atoms with Crippen LogP contribution in [0.3, 0.4) is 0 Å². The Labute approximate surface area is 74.5 Å². The zero-order chi connectivity index (χ0) is 9.40. The molecule has 12 heavy (non-hydrogen) atoms. The number of hydrogen-bond acceptors (Lipinski definition) is 1. The Morgan fingerprint density at radius 3 is 2.50 bits per heavy atom. The second-order valence-corrected chi connectivity index (χ2v) is 2.68. The summed E-state index contributed by atoms with van der Waals surface area (Å²) in [5, 5.41) is 0. The molecule has 0 aromatic carbocycles. The topological polar surface area (TPSA) is 17.1 Å². The Kier molecular flexibility index (Phi) is 5.98. The molecule has 0 spiro atoms. The van der Waals surface area contributed by atoms with Gasteiger partial charge in [-0.2, -0.15) is 0 Å². The summed E-state index contributed by atoms with van der Waals surface area (Å²) in [4.78, 5) is 10.7. The summed E-state index contributed by atoms with van der Waals surface area (Å²) in [6.45, 7) is 7.19. The number of allylic oxidation sites excluding steroid dienone is 5. The second kappa shape index (κ2) is 6.59. The Morgan fingerprint density at radius 1 is 1.42 bits per heavy atom. The Bertz CT molecular complexity index is 209. The van der Waals surface area contributed by atoms with Gasteiger partial charge in [-0.1, -0.05) is 30.9 Å². The minimum atomic E-state index is 0.231. The molecular weight excluding hydrogens is 148 g/mol. The van der Waals surface area contributed by atoms with E-state index in [2.05, 4.69) is 6.58 Å². The lowest BCUT2D eigenvalue weighted by atomic mass is 10.1. The molecule has 0 unspecified atom stereocenters. The smallest absolute Gasteiger partial charge is 0.130 e. The largest absolute Gasteiger partial charge is 0.300 e. The van der Waals surface area contributed by atoms with Crippen LogP contribution in [0.2, 0.25) is 0 Å². The van der Waals surface area contributed by atoms with E-state index in [1.807, 2.05) is 25.2 Å². The second-order valence-electron chi connectivity index (χ2n) is 2.68. The van der Waals surface area contributed by atoms with E-state index >= 15 is 0 Å². The zero-order valence-electron chi connectivity index (χ0n) is 7.84. The first-order valence-electron chi connectivity index (χ1n) is 4.14. The van der Waals surface area contributed by atoms with Crippen LogP contribution in [-0.2, 0) is 4.79 Å². The van der Waals surface area contributed by atoms with Crippen molar-refractivity contribution in [3.05, 3.63) is 36.5 Å². The summed E-state index contributed by atoms with van der Waals surface area (Å²) < 4.78 is 0. The van der Waals surface area contributed by atoms with Gasteiger partial charge in [-0.15, -0.1) is 0 Å². The molecule has 0 radical (unpaired) electrons. The fourth-order valence-corrected chi connectivity index (χ4v) is 0.908. The molecule has 0 saturated heterocycles. The van der Waals surface area contributed by atoms with Crippen LogP contribution in [0.1, 0.15) is 26.7 Å². The maximum Gasteiger partial charge on any atom is 0.130 e. The fourth-order valence-electron chi connectivity index (χ4n) is 0.908. The number of carbonyl (C=O) groups is 1. The molecule has 0 aliphatic carbocycles. The van der Waals surface area contributed by atoms with Gasteiger partial charge in [0.1, 0.15) is 5.78 Å². The third kappa shape index (κ3) is 5.66. The standard InChI is InChI=1S/C11H16O/c1-4-6-11(7-5-2)9-8-10(3)12/h4-7H,1,8-9H2,2-3H3/b7-5-,11-6+. The molecule has 0 heterocycles. The van der Waals surface area contributed by atoms with Crippen molar-refractivity contribution in [2.24, 2.45) is 0 Å². The number of hydrogen-bond donors (Lipinski definition) is 0. The number of ketones is 1. The van der Waals surface area contributed by atoms with Crippen molar-refractivity contribution < 1.29 is 4.79 Å². The quantitative estimate of drug-likeness (QED) is 0.571. The Balaban J connectivity index is 4.05. The number of rotatable bonds is 5. The highest BCUT2D eigenvalue weighted by Gasteiger charge is 1.95. The van der Waals surface area contributed by atoms with Crippen molar-refractivity contribution in [1.29, 1.82) is 0 Å². The Morgan fingerprint density at radius 2 is 2.08 bits per heavy atom. The molecule has 0 N–H and O–H groups in total. The summed E-state index contributed by atoms with van der Waals surface area (Å²) >= 11 is 0. The minimum Gasteiger partial charge on any atom is -0.300 e. The molecule has 0 aliphatic rings. The maximum absolute atomic E-state index is 10.7. The van der Waals surface area contributed by atoms with Crippen molar-refractivity contribution in [3.8, 4) is 0 Å². The molecular formula is C11H16O. The van der Waals surface area contributed by atoms with Crippen molar-refractivity contribution in [3.63, 3.8) is 0 Å². The van der Waals surface area contributed by atoms with E-state index in [4.69, 9.17) is 0 Å². The molecule has 66 valence electrons. The van der Waals surface area contributed by atoms with E-state index in [9.17, 15) is 4.79 Å². The van der Waals surface area contributed by atoms with Gasteiger partial charge >= 0.3 is 0 Å². The monoisotopic (exact) mass is 164 g/mol. The lowest BCUT2D eigenvalue weighted by Gasteiger charge is -1.97. The first-order valence-corrected chi connectivity index (χ1v) is 4.14. The van der Waals surface area contributed by atoms with Gasteiger partial charge < -0.3 is 4.79 Å². The lowest BCUT2D eigenvalue weighted by Crippen LogP contribution is -1.90. The van der Waals surface area contributed by atoms with E-state index < -0.39 is 0 Å². The maximum atomic E-state index is 10.7. The van der Waals surface area contributed by atoms with Crippen molar-refractivity contribution in [1.82, 2.24) is 0 Å².